The summed E-state index contributed by atoms with van der Waals surface area (Å²) in [5.74, 6) is -0.469. The van der Waals surface area contributed by atoms with E-state index < -0.39 is 20.5 Å². The van der Waals surface area contributed by atoms with Crippen LogP contribution in [0.25, 0.3) is 0 Å². The van der Waals surface area contributed by atoms with Gasteiger partial charge in [0.25, 0.3) is 5.91 Å². The van der Waals surface area contributed by atoms with Gasteiger partial charge in [-0.25, -0.2) is 13.9 Å². The molecule has 3 rings (SSSR count). The number of amides is 1. The number of carbonyl (C=O) groups excluding carboxylic acids is 1. The SMILES string of the molecule is O=C(NO)C1(S(=O)(=O)c2ccc(Sc3ccncc3)cc2)C=CSCC1. The fourth-order valence-electron chi connectivity index (χ4n) is 2.59. The molecule has 1 aliphatic rings. The van der Waals surface area contributed by atoms with Crippen LogP contribution in [0.5, 0.6) is 0 Å². The molecule has 1 amide bonds. The minimum Gasteiger partial charge on any atom is -0.289 e. The molecule has 2 N–H and O–H groups in total. The van der Waals surface area contributed by atoms with E-state index >= 15 is 0 Å². The van der Waals surface area contributed by atoms with Gasteiger partial charge in [-0.2, -0.15) is 0 Å². The molecule has 1 aliphatic heterocycles. The Balaban J connectivity index is 1.92. The second-order valence-corrected chi connectivity index (χ2v) is 9.88. The van der Waals surface area contributed by atoms with E-state index in [-0.39, 0.29) is 11.3 Å². The lowest BCUT2D eigenvalue weighted by Gasteiger charge is -2.30. The standard InChI is InChI=1S/C17H16N2O4S3/c20-16(19-21)17(7-11-24-12-8-17)26(22,23)15-3-1-13(2-4-15)25-14-5-9-18-10-6-14/h1-7,9-11,21H,8,12H2,(H,19,20). The summed E-state index contributed by atoms with van der Waals surface area (Å²) < 4.78 is 24.5. The first-order valence-electron chi connectivity index (χ1n) is 7.66. The average Bonchev–Trinajstić information content (AvgIpc) is 2.69. The van der Waals surface area contributed by atoms with E-state index in [0.717, 1.165) is 9.79 Å². The van der Waals surface area contributed by atoms with Gasteiger partial charge in [0.05, 0.1) is 4.90 Å². The number of rotatable bonds is 5. The summed E-state index contributed by atoms with van der Waals surface area (Å²) >= 11 is 2.91. The molecule has 1 aromatic carbocycles. The van der Waals surface area contributed by atoms with Crippen LogP contribution in [-0.4, -0.2) is 35.0 Å². The Labute approximate surface area is 160 Å². The Morgan fingerprint density at radius 2 is 1.81 bits per heavy atom. The fraction of sp³-hybridized carbons (Fsp3) is 0.176. The molecule has 6 nitrogen and oxygen atoms in total. The van der Waals surface area contributed by atoms with Crippen LogP contribution in [0.15, 0.2) is 75.0 Å². The highest BCUT2D eigenvalue weighted by molar-refractivity contribution is 8.02. The van der Waals surface area contributed by atoms with E-state index in [2.05, 4.69) is 4.98 Å². The Hall–Kier alpha value is -1.81. The number of pyridine rings is 1. The largest absolute Gasteiger partial charge is 0.289 e. The predicted octanol–water partition coefficient (Wildman–Crippen LogP) is 2.90. The number of hydrogen-bond donors (Lipinski definition) is 2. The molecule has 0 saturated carbocycles. The Kier molecular flexibility index (Phi) is 5.71. The maximum atomic E-state index is 13.1. The fourth-order valence-corrected chi connectivity index (χ4v) is 6.33. The van der Waals surface area contributed by atoms with Crippen molar-refractivity contribution in [3.8, 4) is 0 Å². The number of hydroxylamine groups is 1. The van der Waals surface area contributed by atoms with Gasteiger partial charge in [0.2, 0.25) is 0 Å². The highest BCUT2D eigenvalue weighted by atomic mass is 32.2. The smallest absolute Gasteiger partial charge is 0.269 e. The van der Waals surface area contributed by atoms with E-state index in [0.29, 0.717) is 5.75 Å². The Bertz CT molecular complexity index is 915. The molecule has 1 unspecified atom stereocenters. The summed E-state index contributed by atoms with van der Waals surface area (Å²) in [6.45, 7) is 0. The lowest BCUT2D eigenvalue weighted by Crippen LogP contribution is -2.51. The van der Waals surface area contributed by atoms with Crippen LogP contribution in [0.2, 0.25) is 0 Å². The first kappa shape index (κ1) is 19.0. The number of sulfone groups is 1. The third-order valence-corrected chi connectivity index (χ3v) is 8.17. The van der Waals surface area contributed by atoms with Crippen molar-refractivity contribution in [2.24, 2.45) is 0 Å². The zero-order chi connectivity index (χ0) is 18.6. The Morgan fingerprint density at radius 3 is 2.38 bits per heavy atom. The van der Waals surface area contributed by atoms with Gasteiger partial charge in [0.15, 0.2) is 14.6 Å². The molecule has 0 fully saturated rings. The number of hydrogen-bond acceptors (Lipinski definition) is 7. The summed E-state index contributed by atoms with van der Waals surface area (Å²) in [5.41, 5.74) is 1.51. The van der Waals surface area contributed by atoms with Crippen molar-refractivity contribution in [1.82, 2.24) is 10.5 Å². The lowest BCUT2D eigenvalue weighted by molar-refractivity contribution is -0.130. The number of carbonyl (C=O) groups is 1. The van der Waals surface area contributed by atoms with Gasteiger partial charge >= 0.3 is 0 Å². The van der Waals surface area contributed by atoms with Gasteiger partial charge in [-0.05, 0) is 60.1 Å². The van der Waals surface area contributed by atoms with E-state index in [1.807, 2.05) is 12.1 Å². The molecule has 0 bridgehead atoms. The monoisotopic (exact) mass is 408 g/mol. The van der Waals surface area contributed by atoms with Crippen LogP contribution < -0.4 is 5.48 Å². The maximum absolute atomic E-state index is 13.1. The summed E-state index contributed by atoms with van der Waals surface area (Å²) in [4.78, 5) is 18.1. The maximum Gasteiger partial charge on any atom is 0.269 e. The summed E-state index contributed by atoms with van der Waals surface area (Å²) in [7, 11) is -4.02. The highest BCUT2D eigenvalue weighted by Crippen LogP contribution is 2.37. The van der Waals surface area contributed by atoms with E-state index in [1.165, 1.54) is 47.2 Å². The van der Waals surface area contributed by atoms with Crippen molar-refractivity contribution in [3.63, 3.8) is 0 Å². The summed E-state index contributed by atoms with van der Waals surface area (Å²) in [5, 5.41) is 10.6. The van der Waals surface area contributed by atoms with Gasteiger partial charge in [-0.15, -0.1) is 11.8 Å². The summed E-state index contributed by atoms with van der Waals surface area (Å²) in [6.07, 6.45) is 4.82. The lowest BCUT2D eigenvalue weighted by atomic mass is 10.1. The highest BCUT2D eigenvalue weighted by Gasteiger charge is 2.50. The first-order valence-corrected chi connectivity index (χ1v) is 11.0. The molecular formula is C17H16N2O4S3. The van der Waals surface area contributed by atoms with Crippen molar-refractivity contribution >= 4 is 39.3 Å². The molecule has 2 heterocycles. The topological polar surface area (TPSA) is 96.4 Å². The molecule has 1 atom stereocenters. The molecule has 0 aliphatic carbocycles. The summed E-state index contributed by atoms with van der Waals surface area (Å²) in [6, 6.07) is 10.1. The van der Waals surface area contributed by atoms with E-state index in [4.69, 9.17) is 5.21 Å². The Morgan fingerprint density at radius 1 is 1.15 bits per heavy atom. The number of benzene rings is 1. The number of nitrogens with zero attached hydrogens (tertiary/aromatic N) is 1. The average molecular weight is 409 g/mol. The molecule has 1 aromatic heterocycles. The minimum atomic E-state index is -4.02. The van der Waals surface area contributed by atoms with Gasteiger partial charge in [0, 0.05) is 22.2 Å². The van der Waals surface area contributed by atoms with E-state index in [9.17, 15) is 13.2 Å². The molecule has 2 aromatic rings. The second kappa shape index (κ2) is 7.83. The van der Waals surface area contributed by atoms with E-state index in [1.54, 1.807) is 29.9 Å². The third-order valence-electron chi connectivity index (χ3n) is 4.01. The quantitative estimate of drug-likeness (QED) is 0.580. The van der Waals surface area contributed by atoms with Crippen LogP contribution in [0.1, 0.15) is 6.42 Å². The van der Waals surface area contributed by atoms with Crippen LogP contribution >= 0.6 is 23.5 Å². The number of aromatic nitrogens is 1. The van der Waals surface area contributed by atoms with Crippen LogP contribution in [0.4, 0.5) is 0 Å². The minimum absolute atomic E-state index is 0.0386. The number of thioether (sulfide) groups is 1. The zero-order valence-corrected chi connectivity index (χ0v) is 16.0. The number of nitrogens with one attached hydrogen (secondary N) is 1. The van der Waals surface area contributed by atoms with Crippen LogP contribution in [0, 0.1) is 0 Å². The first-order chi connectivity index (χ1) is 12.5. The molecule has 0 radical (unpaired) electrons. The molecule has 9 heteroatoms. The normalized spacial score (nSPS) is 19.9. The predicted molar refractivity (Wildman–Crippen MR) is 101 cm³/mol. The van der Waals surface area contributed by atoms with Gasteiger partial charge < -0.3 is 0 Å². The van der Waals surface area contributed by atoms with Crippen molar-refractivity contribution in [2.75, 3.05) is 5.75 Å². The second-order valence-electron chi connectivity index (χ2n) is 5.51. The van der Waals surface area contributed by atoms with Gasteiger partial charge in [-0.3, -0.25) is 15.0 Å². The van der Waals surface area contributed by atoms with Crippen molar-refractivity contribution in [3.05, 3.63) is 60.3 Å². The third kappa shape index (κ3) is 3.52. The van der Waals surface area contributed by atoms with Crippen molar-refractivity contribution in [2.45, 2.75) is 25.9 Å². The van der Waals surface area contributed by atoms with Gasteiger partial charge in [0.1, 0.15) is 0 Å². The molecule has 0 saturated heterocycles. The van der Waals surface area contributed by atoms with Crippen molar-refractivity contribution in [1.29, 1.82) is 0 Å². The molecule has 0 spiro atoms. The van der Waals surface area contributed by atoms with Crippen LogP contribution in [-0.2, 0) is 14.6 Å². The van der Waals surface area contributed by atoms with Crippen LogP contribution in [0.3, 0.4) is 0 Å². The molecular weight excluding hydrogens is 392 g/mol. The molecule has 136 valence electrons. The zero-order valence-electron chi connectivity index (χ0n) is 13.5. The molecule has 26 heavy (non-hydrogen) atoms. The van der Waals surface area contributed by atoms with Gasteiger partial charge in [-0.1, -0.05) is 11.8 Å². The van der Waals surface area contributed by atoms with Crippen molar-refractivity contribution < 1.29 is 18.4 Å².